The average Bonchev–Trinajstić information content (AvgIpc) is 2.97. The molecule has 0 saturated carbocycles. The minimum Gasteiger partial charge on any atom is -0.354 e. The molecule has 0 aliphatic carbocycles. The number of carbonyl (C=O) groups excluding carboxylic acids is 1. The van der Waals surface area contributed by atoms with Gasteiger partial charge in [0.05, 0.1) is 5.54 Å². The largest absolute Gasteiger partial charge is 0.354 e. The van der Waals surface area contributed by atoms with Gasteiger partial charge in [-0.05, 0) is 52.7 Å². The van der Waals surface area contributed by atoms with Crippen molar-refractivity contribution in [1.82, 2.24) is 20.4 Å². The Morgan fingerprint density at radius 3 is 2.45 bits per heavy atom. The van der Waals surface area contributed by atoms with Crippen LogP contribution in [0.15, 0.2) is 0 Å². The first-order valence-electron chi connectivity index (χ1n) is 8.07. The van der Waals surface area contributed by atoms with E-state index in [1.807, 2.05) is 13.8 Å². The first-order valence-corrected chi connectivity index (χ1v) is 8.07. The van der Waals surface area contributed by atoms with Crippen molar-refractivity contribution in [3.63, 3.8) is 0 Å². The second kappa shape index (κ2) is 7.38. The monoisotopic (exact) mass is 282 g/mol. The Labute approximate surface area is 123 Å². The van der Waals surface area contributed by atoms with E-state index in [0.29, 0.717) is 0 Å². The number of carbonyl (C=O) groups is 1. The molecule has 2 aliphatic heterocycles. The van der Waals surface area contributed by atoms with E-state index in [9.17, 15) is 4.79 Å². The summed E-state index contributed by atoms with van der Waals surface area (Å²) >= 11 is 0. The zero-order valence-electron chi connectivity index (χ0n) is 13.1. The predicted octanol–water partition coefficient (Wildman–Crippen LogP) is 0.272. The second-order valence-corrected chi connectivity index (χ2v) is 6.45. The normalized spacial score (nSPS) is 22.1. The Hall–Kier alpha value is -0.650. The summed E-state index contributed by atoms with van der Waals surface area (Å²) in [4.78, 5) is 17.1. The van der Waals surface area contributed by atoms with Crippen molar-refractivity contribution in [3.8, 4) is 0 Å². The maximum atomic E-state index is 12.4. The summed E-state index contributed by atoms with van der Waals surface area (Å²) < 4.78 is 0. The number of amides is 1. The summed E-state index contributed by atoms with van der Waals surface area (Å²) in [6.07, 6.45) is 3.73. The second-order valence-electron chi connectivity index (χ2n) is 6.45. The van der Waals surface area contributed by atoms with Crippen LogP contribution < -0.4 is 10.6 Å². The van der Waals surface area contributed by atoms with Gasteiger partial charge in [0.2, 0.25) is 5.91 Å². The Balaban J connectivity index is 1.66. The third-order valence-corrected chi connectivity index (χ3v) is 4.60. The van der Waals surface area contributed by atoms with Gasteiger partial charge in [-0.25, -0.2) is 0 Å². The molecular weight excluding hydrogens is 252 g/mol. The molecule has 2 fully saturated rings. The highest BCUT2D eigenvalue weighted by Crippen LogP contribution is 2.15. The lowest BCUT2D eigenvalue weighted by Crippen LogP contribution is -2.60. The fourth-order valence-corrected chi connectivity index (χ4v) is 3.09. The minimum absolute atomic E-state index is 0.167. The van der Waals surface area contributed by atoms with E-state index in [4.69, 9.17) is 0 Å². The van der Waals surface area contributed by atoms with E-state index >= 15 is 0 Å². The van der Waals surface area contributed by atoms with Crippen LogP contribution in [0.25, 0.3) is 0 Å². The van der Waals surface area contributed by atoms with Gasteiger partial charge >= 0.3 is 0 Å². The summed E-state index contributed by atoms with van der Waals surface area (Å²) in [6.45, 7) is 12.3. The van der Waals surface area contributed by atoms with E-state index in [0.717, 1.165) is 45.7 Å². The SMILES string of the molecule is CC(C)(C(=O)NCCCN1CCCC1)N1CCNCC1. The molecule has 2 rings (SSSR count). The lowest BCUT2D eigenvalue weighted by Gasteiger charge is -2.39. The zero-order chi connectivity index (χ0) is 14.4. The number of likely N-dealkylation sites (tertiary alicyclic amines) is 1. The molecule has 2 aliphatic rings. The molecular formula is C15H30N4O. The molecule has 5 heteroatoms. The first-order chi connectivity index (χ1) is 9.60. The highest BCUT2D eigenvalue weighted by atomic mass is 16.2. The summed E-state index contributed by atoms with van der Waals surface area (Å²) in [5.41, 5.74) is -0.393. The molecule has 0 radical (unpaired) electrons. The van der Waals surface area contributed by atoms with Crippen LogP contribution in [0.2, 0.25) is 0 Å². The van der Waals surface area contributed by atoms with E-state index in [-0.39, 0.29) is 5.91 Å². The average molecular weight is 282 g/mol. The number of piperazine rings is 1. The highest BCUT2D eigenvalue weighted by Gasteiger charge is 2.34. The predicted molar refractivity (Wildman–Crippen MR) is 81.8 cm³/mol. The van der Waals surface area contributed by atoms with Crippen molar-refractivity contribution in [2.75, 3.05) is 52.4 Å². The fraction of sp³-hybridized carbons (Fsp3) is 0.933. The molecule has 0 bridgehead atoms. The summed E-state index contributed by atoms with van der Waals surface area (Å²) in [5.74, 6) is 0.167. The molecule has 2 N–H and O–H groups in total. The lowest BCUT2D eigenvalue weighted by atomic mass is 10.0. The van der Waals surface area contributed by atoms with Crippen LogP contribution in [0, 0.1) is 0 Å². The van der Waals surface area contributed by atoms with Crippen molar-refractivity contribution in [1.29, 1.82) is 0 Å². The van der Waals surface area contributed by atoms with Gasteiger partial charge in [0.25, 0.3) is 0 Å². The molecule has 1 amide bonds. The van der Waals surface area contributed by atoms with Gasteiger partial charge in [-0.15, -0.1) is 0 Å². The molecule has 0 atom stereocenters. The number of hydrogen-bond donors (Lipinski definition) is 2. The van der Waals surface area contributed by atoms with E-state index in [1.54, 1.807) is 0 Å². The van der Waals surface area contributed by atoms with Gasteiger partial charge in [-0.1, -0.05) is 0 Å². The van der Waals surface area contributed by atoms with Crippen molar-refractivity contribution in [2.45, 2.75) is 38.6 Å². The van der Waals surface area contributed by atoms with Gasteiger partial charge < -0.3 is 15.5 Å². The highest BCUT2D eigenvalue weighted by molar-refractivity contribution is 5.85. The van der Waals surface area contributed by atoms with Gasteiger partial charge in [0.1, 0.15) is 0 Å². The topological polar surface area (TPSA) is 47.6 Å². The van der Waals surface area contributed by atoms with E-state index in [1.165, 1.54) is 25.9 Å². The van der Waals surface area contributed by atoms with Crippen LogP contribution >= 0.6 is 0 Å². The van der Waals surface area contributed by atoms with Crippen molar-refractivity contribution < 1.29 is 4.79 Å². The van der Waals surface area contributed by atoms with Crippen LogP contribution in [-0.4, -0.2) is 73.6 Å². The van der Waals surface area contributed by atoms with Gasteiger partial charge in [-0.2, -0.15) is 0 Å². The summed E-state index contributed by atoms with van der Waals surface area (Å²) in [5, 5.41) is 6.45. The smallest absolute Gasteiger partial charge is 0.239 e. The molecule has 116 valence electrons. The lowest BCUT2D eigenvalue weighted by molar-refractivity contribution is -0.132. The minimum atomic E-state index is -0.393. The Morgan fingerprint density at radius 1 is 1.15 bits per heavy atom. The van der Waals surface area contributed by atoms with Crippen LogP contribution in [0.5, 0.6) is 0 Å². The molecule has 0 unspecified atom stereocenters. The molecule has 20 heavy (non-hydrogen) atoms. The Morgan fingerprint density at radius 2 is 1.80 bits per heavy atom. The molecule has 0 aromatic carbocycles. The first kappa shape index (κ1) is 15.7. The van der Waals surface area contributed by atoms with Crippen molar-refractivity contribution >= 4 is 5.91 Å². The van der Waals surface area contributed by atoms with Gasteiger partial charge in [-0.3, -0.25) is 9.69 Å². The van der Waals surface area contributed by atoms with Crippen LogP contribution in [0.1, 0.15) is 33.1 Å². The van der Waals surface area contributed by atoms with Gasteiger partial charge in [0.15, 0.2) is 0 Å². The summed E-state index contributed by atoms with van der Waals surface area (Å²) in [7, 11) is 0. The third kappa shape index (κ3) is 4.17. The molecule has 2 saturated heterocycles. The molecule has 0 spiro atoms. The number of rotatable bonds is 6. The van der Waals surface area contributed by atoms with Crippen LogP contribution in [0.3, 0.4) is 0 Å². The molecule has 0 aromatic rings. The third-order valence-electron chi connectivity index (χ3n) is 4.60. The van der Waals surface area contributed by atoms with Gasteiger partial charge in [0, 0.05) is 32.7 Å². The number of nitrogens with zero attached hydrogens (tertiary/aromatic N) is 2. The quantitative estimate of drug-likeness (QED) is 0.687. The molecule has 2 heterocycles. The van der Waals surface area contributed by atoms with Crippen LogP contribution in [0.4, 0.5) is 0 Å². The Kier molecular flexibility index (Phi) is 5.81. The summed E-state index contributed by atoms with van der Waals surface area (Å²) in [6, 6.07) is 0. The zero-order valence-corrected chi connectivity index (χ0v) is 13.1. The maximum Gasteiger partial charge on any atom is 0.239 e. The standard InChI is InChI=1S/C15H30N4O/c1-15(2,19-12-7-16-8-13-19)14(20)17-6-5-11-18-9-3-4-10-18/h16H,3-13H2,1-2H3,(H,17,20). The van der Waals surface area contributed by atoms with E-state index < -0.39 is 5.54 Å². The van der Waals surface area contributed by atoms with Crippen LogP contribution in [-0.2, 0) is 4.79 Å². The fourth-order valence-electron chi connectivity index (χ4n) is 3.09. The number of nitrogens with one attached hydrogen (secondary N) is 2. The Bertz CT molecular complexity index is 307. The number of hydrogen-bond acceptors (Lipinski definition) is 4. The molecule has 0 aromatic heterocycles. The van der Waals surface area contributed by atoms with E-state index in [2.05, 4.69) is 20.4 Å². The maximum absolute atomic E-state index is 12.4. The van der Waals surface area contributed by atoms with Crippen molar-refractivity contribution in [3.05, 3.63) is 0 Å². The van der Waals surface area contributed by atoms with Crippen molar-refractivity contribution in [2.24, 2.45) is 0 Å². The molecule has 5 nitrogen and oxygen atoms in total.